The van der Waals surface area contributed by atoms with Crippen molar-refractivity contribution in [1.29, 1.82) is 0 Å². The Morgan fingerprint density at radius 1 is 1.17 bits per heavy atom. The molecule has 1 saturated carbocycles. The largest absolute Gasteiger partial charge is 0.496 e. The standard InChI is InChI=1S/C15H21ClO2/c1-14(2)6-8-15(17,9-7-14)12-5-4-11(16)10-13(12)18-3/h4-5,10,17H,6-9H2,1-3H3. The normalized spacial score (nSPS) is 21.6. The van der Waals surface area contributed by atoms with E-state index >= 15 is 0 Å². The highest BCUT2D eigenvalue weighted by Crippen LogP contribution is 2.47. The van der Waals surface area contributed by atoms with E-state index in [9.17, 15) is 5.11 Å². The van der Waals surface area contributed by atoms with Crippen LogP contribution in [0.15, 0.2) is 18.2 Å². The van der Waals surface area contributed by atoms with E-state index in [1.165, 1.54) is 0 Å². The number of ether oxygens (including phenoxy) is 1. The predicted octanol–water partition coefficient (Wildman–Crippen LogP) is 4.14. The maximum absolute atomic E-state index is 10.9. The molecule has 0 amide bonds. The lowest BCUT2D eigenvalue weighted by Gasteiger charge is -2.41. The van der Waals surface area contributed by atoms with E-state index in [-0.39, 0.29) is 0 Å². The molecule has 18 heavy (non-hydrogen) atoms. The van der Waals surface area contributed by atoms with Crippen molar-refractivity contribution in [2.45, 2.75) is 45.1 Å². The van der Waals surface area contributed by atoms with Crippen LogP contribution < -0.4 is 4.74 Å². The third kappa shape index (κ3) is 2.65. The summed E-state index contributed by atoms with van der Waals surface area (Å²) in [5.41, 5.74) is 0.419. The highest BCUT2D eigenvalue weighted by molar-refractivity contribution is 6.30. The van der Waals surface area contributed by atoms with Gasteiger partial charge >= 0.3 is 0 Å². The molecule has 0 saturated heterocycles. The average Bonchev–Trinajstić information content (AvgIpc) is 2.33. The number of rotatable bonds is 2. The fourth-order valence-corrected chi connectivity index (χ4v) is 2.82. The summed E-state index contributed by atoms with van der Waals surface area (Å²) in [5, 5.41) is 11.5. The Morgan fingerprint density at radius 2 is 1.78 bits per heavy atom. The van der Waals surface area contributed by atoms with Crippen LogP contribution in [0.2, 0.25) is 5.02 Å². The molecule has 1 N–H and O–H groups in total. The predicted molar refractivity (Wildman–Crippen MR) is 74.1 cm³/mol. The molecule has 1 aromatic rings. The Hall–Kier alpha value is -0.730. The van der Waals surface area contributed by atoms with Gasteiger partial charge in [-0.2, -0.15) is 0 Å². The molecule has 2 rings (SSSR count). The van der Waals surface area contributed by atoms with E-state index in [1.54, 1.807) is 13.2 Å². The third-order valence-electron chi connectivity index (χ3n) is 4.10. The van der Waals surface area contributed by atoms with Crippen molar-refractivity contribution < 1.29 is 9.84 Å². The number of halogens is 1. The summed E-state index contributed by atoms with van der Waals surface area (Å²) < 4.78 is 5.35. The molecule has 1 aliphatic carbocycles. The Morgan fingerprint density at radius 3 is 2.33 bits per heavy atom. The SMILES string of the molecule is COc1cc(Cl)ccc1C1(O)CCC(C)(C)CC1. The number of aliphatic hydroxyl groups is 1. The minimum absolute atomic E-state index is 0.325. The van der Waals surface area contributed by atoms with Crippen molar-refractivity contribution in [3.8, 4) is 5.75 Å². The van der Waals surface area contributed by atoms with Crippen molar-refractivity contribution in [3.05, 3.63) is 28.8 Å². The lowest BCUT2D eigenvalue weighted by atomic mass is 9.68. The maximum atomic E-state index is 10.9. The minimum atomic E-state index is -0.772. The highest BCUT2D eigenvalue weighted by atomic mass is 35.5. The molecule has 0 unspecified atom stereocenters. The van der Waals surface area contributed by atoms with Crippen molar-refractivity contribution in [2.24, 2.45) is 5.41 Å². The second-order valence-electron chi connectivity index (χ2n) is 6.04. The number of methoxy groups -OCH3 is 1. The van der Waals surface area contributed by atoms with Crippen LogP contribution in [-0.4, -0.2) is 12.2 Å². The Balaban J connectivity index is 2.31. The number of hydrogen-bond donors (Lipinski definition) is 1. The van der Waals surface area contributed by atoms with Gasteiger partial charge in [-0.3, -0.25) is 0 Å². The van der Waals surface area contributed by atoms with Gasteiger partial charge in [-0.1, -0.05) is 31.5 Å². The first-order valence-electron chi connectivity index (χ1n) is 6.43. The van der Waals surface area contributed by atoms with Gasteiger partial charge in [-0.15, -0.1) is 0 Å². The number of benzene rings is 1. The van der Waals surface area contributed by atoms with Crippen LogP contribution >= 0.6 is 11.6 Å². The first-order chi connectivity index (χ1) is 8.36. The van der Waals surface area contributed by atoms with Crippen LogP contribution in [0.1, 0.15) is 45.1 Å². The monoisotopic (exact) mass is 268 g/mol. The fourth-order valence-electron chi connectivity index (χ4n) is 2.66. The lowest BCUT2D eigenvalue weighted by molar-refractivity contribution is -0.0320. The van der Waals surface area contributed by atoms with Crippen LogP contribution in [-0.2, 0) is 5.60 Å². The van der Waals surface area contributed by atoms with E-state index in [0.29, 0.717) is 16.2 Å². The molecular formula is C15H21ClO2. The topological polar surface area (TPSA) is 29.5 Å². The minimum Gasteiger partial charge on any atom is -0.496 e. The van der Waals surface area contributed by atoms with Gasteiger partial charge in [-0.05, 0) is 43.2 Å². The Bertz CT molecular complexity index is 430. The van der Waals surface area contributed by atoms with Crippen LogP contribution in [0, 0.1) is 5.41 Å². The molecule has 1 aromatic carbocycles. The summed E-state index contributed by atoms with van der Waals surface area (Å²) in [5.74, 6) is 0.685. The summed E-state index contributed by atoms with van der Waals surface area (Å²) in [6.45, 7) is 4.51. The molecule has 1 fully saturated rings. The summed E-state index contributed by atoms with van der Waals surface area (Å²) in [6, 6.07) is 5.48. The van der Waals surface area contributed by atoms with E-state index in [4.69, 9.17) is 16.3 Å². The lowest BCUT2D eigenvalue weighted by Crippen LogP contribution is -2.34. The zero-order valence-corrected chi connectivity index (χ0v) is 12.0. The molecule has 0 radical (unpaired) electrons. The summed E-state index contributed by atoms with van der Waals surface area (Å²) in [4.78, 5) is 0. The van der Waals surface area contributed by atoms with Crippen LogP contribution in [0.4, 0.5) is 0 Å². The van der Waals surface area contributed by atoms with Gasteiger partial charge in [0.15, 0.2) is 0 Å². The van der Waals surface area contributed by atoms with Crippen molar-refractivity contribution in [1.82, 2.24) is 0 Å². The molecule has 3 heteroatoms. The third-order valence-corrected chi connectivity index (χ3v) is 4.33. The molecule has 0 atom stereocenters. The van der Waals surface area contributed by atoms with E-state index in [0.717, 1.165) is 31.2 Å². The molecule has 2 nitrogen and oxygen atoms in total. The highest BCUT2D eigenvalue weighted by Gasteiger charge is 2.39. The quantitative estimate of drug-likeness (QED) is 0.874. The van der Waals surface area contributed by atoms with Crippen LogP contribution in [0.25, 0.3) is 0 Å². The van der Waals surface area contributed by atoms with E-state index in [2.05, 4.69) is 13.8 Å². The van der Waals surface area contributed by atoms with E-state index in [1.807, 2.05) is 12.1 Å². The summed E-state index contributed by atoms with van der Waals surface area (Å²) >= 11 is 5.96. The van der Waals surface area contributed by atoms with Gasteiger partial charge < -0.3 is 9.84 Å². The second-order valence-corrected chi connectivity index (χ2v) is 6.48. The van der Waals surface area contributed by atoms with Gasteiger partial charge in [0.25, 0.3) is 0 Å². The van der Waals surface area contributed by atoms with Gasteiger partial charge in [0.2, 0.25) is 0 Å². The molecule has 0 spiro atoms. The van der Waals surface area contributed by atoms with Gasteiger partial charge in [0.1, 0.15) is 5.75 Å². The van der Waals surface area contributed by atoms with Crippen molar-refractivity contribution in [3.63, 3.8) is 0 Å². The second kappa shape index (κ2) is 4.75. The fraction of sp³-hybridized carbons (Fsp3) is 0.600. The Labute approximate surface area is 114 Å². The molecule has 100 valence electrons. The molecular weight excluding hydrogens is 248 g/mol. The molecule has 0 bridgehead atoms. The zero-order chi connectivity index (χ0) is 13.4. The first-order valence-corrected chi connectivity index (χ1v) is 6.81. The smallest absolute Gasteiger partial charge is 0.126 e. The van der Waals surface area contributed by atoms with Gasteiger partial charge in [0, 0.05) is 10.6 Å². The van der Waals surface area contributed by atoms with Crippen molar-refractivity contribution >= 4 is 11.6 Å². The first kappa shape index (κ1) is 13.7. The summed E-state index contributed by atoms with van der Waals surface area (Å²) in [6.07, 6.45) is 3.60. The number of hydrogen-bond acceptors (Lipinski definition) is 2. The zero-order valence-electron chi connectivity index (χ0n) is 11.3. The maximum Gasteiger partial charge on any atom is 0.126 e. The summed E-state index contributed by atoms with van der Waals surface area (Å²) in [7, 11) is 1.62. The van der Waals surface area contributed by atoms with Crippen LogP contribution in [0.5, 0.6) is 5.75 Å². The average molecular weight is 269 g/mol. The Kier molecular flexibility index (Phi) is 3.61. The van der Waals surface area contributed by atoms with Crippen LogP contribution in [0.3, 0.4) is 0 Å². The van der Waals surface area contributed by atoms with Gasteiger partial charge in [0.05, 0.1) is 12.7 Å². The van der Waals surface area contributed by atoms with E-state index < -0.39 is 5.60 Å². The van der Waals surface area contributed by atoms with Crippen molar-refractivity contribution in [2.75, 3.05) is 7.11 Å². The molecule has 0 aromatic heterocycles. The molecule has 1 aliphatic rings. The molecule has 0 aliphatic heterocycles. The molecule has 0 heterocycles. The van der Waals surface area contributed by atoms with Gasteiger partial charge in [-0.25, -0.2) is 0 Å².